The summed E-state index contributed by atoms with van der Waals surface area (Å²) in [7, 11) is 1.61. The number of pyridine rings is 1. The lowest BCUT2D eigenvalue weighted by atomic mass is 10.1. The highest BCUT2D eigenvalue weighted by molar-refractivity contribution is 6.32. The van der Waals surface area contributed by atoms with Crippen LogP contribution in [-0.2, 0) is 0 Å². The molecule has 0 fully saturated rings. The topological polar surface area (TPSA) is 31.4 Å². The third-order valence-corrected chi connectivity index (χ3v) is 4.20. The lowest BCUT2D eigenvalue weighted by molar-refractivity contribution is 0.230. The van der Waals surface area contributed by atoms with Gasteiger partial charge in [0.1, 0.15) is 0 Å². The summed E-state index contributed by atoms with van der Waals surface area (Å²) in [5.41, 5.74) is 4.02. The maximum atomic E-state index is 6.38. The Bertz CT molecular complexity index is 964. The van der Waals surface area contributed by atoms with Crippen LogP contribution in [0.25, 0.3) is 23.1 Å². The molecule has 1 aromatic heterocycles. The van der Waals surface area contributed by atoms with Gasteiger partial charge < -0.3 is 9.47 Å². The van der Waals surface area contributed by atoms with Crippen LogP contribution in [0.4, 0.5) is 0 Å². The molecule has 1 heterocycles. The van der Waals surface area contributed by atoms with Crippen molar-refractivity contribution >= 4 is 34.7 Å². The largest absolute Gasteiger partial charge is 0.493 e. The van der Waals surface area contributed by atoms with E-state index < -0.39 is 0 Å². The first-order chi connectivity index (χ1) is 12.5. The smallest absolute Gasteiger partial charge is 0.180 e. The highest BCUT2D eigenvalue weighted by Crippen LogP contribution is 2.37. The number of benzene rings is 2. The van der Waals surface area contributed by atoms with Crippen LogP contribution in [0.3, 0.4) is 0 Å². The van der Waals surface area contributed by atoms with Gasteiger partial charge >= 0.3 is 0 Å². The molecule has 3 rings (SSSR count). The minimum Gasteiger partial charge on any atom is -0.493 e. The van der Waals surface area contributed by atoms with Gasteiger partial charge in [0.15, 0.2) is 11.5 Å². The van der Waals surface area contributed by atoms with E-state index >= 15 is 0 Å². The molecule has 0 spiro atoms. The second-order valence-electron chi connectivity index (χ2n) is 6.47. The number of halogens is 1. The van der Waals surface area contributed by atoms with Gasteiger partial charge in [-0.25, -0.2) is 4.98 Å². The number of fused-ring (bicyclic) bond motifs is 1. The number of hydrogen-bond donors (Lipinski definition) is 0. The molecule has 0 saturated heterocycles. The highest BCUT2D eigenvalue weighted by Gasteiger charge is 2.12. The Morgan fingerprint density at radius 3 is 2.58 bits per heavy atom. The van der Waals surface area contributed by atoms with Gasteiger partial charge in [0, 0.05) is 5.39 Å². The summed E-state index contributed by atoms with van der Waals surface area (Å²) < 4.78 is 11.2. The van der Waals surface area contributed by atoms with Crippen LogP contribution >= 0.6 is 11.6 Å². The number of hydrogen-bond acceptors (Lipinski definition) is 3. The summed E-state index contributed by atoms with van der Waals surface area (Å²) in [5, 5.41) is 1.67. The third kappa shape index (κ3) is 4.17. The van der Waals surface area contributed by atoms with E-state index in [1.807, 2.05) is 50.3 Å². The molecule has 0 aliphatic heterocycles. The maximum Gasteiger partial charge on any atom is 0.180 e. The van der Waals surface area contributed by atoms with Gasteiger partial charge in [-0.05, 0) is 62.7 Å². The van der Waals surface area contributed by atoms with E-state index in [-0.39, 0.29) is 6.10 Å². The van der Waals surface area contributed by atoms with Crippen molar-refractivity contribution in [3.05, 3.63) is 64.3 Å². The van der Waals surface area contributed by atoms with Gasteiger partial charge in [-0.15, -0.1) is 0 Å². The molecule has 3 nitrogen and oxygen atoms in total. The van der Waals surface area contributed by atoms with E-state index in [1.165, 1.54) is 5.56 Å². The maximum absolute atomic E-state index is 6.38. The van der Waals surface area contributed by atoms with Crippen LogP contribution in [0.1, 0.15) is 30.7 Å². The molecule has 0 aliphatic carbocycles. The molecule has 0 atom stereocenters. The van der Waals surface area contributed by atoms with Crippen molar-refractivity contribution in [1.82, 2.24) is 4.98 Å². The molecule has 0 unspecified atom stereocenters. The van der Waals surface area contributed by atoms with Crippen molar-refractivity contribution in [2.24, 2.45) is 0 Å². The zero-order valence-electron chi connectivity index (χ0n) is 15.4. The first-order valence-electron chi connectivity index (χ1n) is 8.56. The molecule has 0 saturated carbocycles. The van der Waals surface area contributed by atoms with Crippen molar-refractivity contribution in [1.29, 1.82) is 0 Å². The average Bonchev–Trinajstić information content (AvgIpc) is 2.61. The molecule has 26 heavy (non-hydrogen) atoms. The Morgan fingerprint density at radius 1 is 1.04 bits per heavy atom. The Hall–Kier alpha value is -2.52. The monoisotopic (exact) mass is 367 g/mol. The van der Waals surface area contributed by atoms with Gasteiger partial charge in [0.25, 0.3) is 0 Å². The Balaban J connectivity index is 1.90. The molecule has 0 radical (unpaired) electrons. The Morgan fingerprint density at radius 2 is 1.85 bits per heavy atom. The van der Waals surface area contributed by atoms with Crippen molar-refractivity contribution in [2.75, 3.05) is 7.11 Å². The van der Waals surface area contributed by atoms with E-state index in [2.05, 4.69) is 30.1 Å². The molecule has 2 aromatic carbocycles. The van der Waals surface area contributed by atoms with Crippen LogP contribution in [0.5, 0.6) is 11.5 Å². The predicted octanol–water partition coefficient (Wildman–Crippen LogP) is 6.16. The fraction of sp³-hybridized carbons (Fsp3) is 0.227. The number of nitrogens with zero attached hydrogens (tertiary/aromatic N) is 1. The fourth-order valence-electron chi connectivity index (χ4n) is 2.72. The van der Waals surface area contributed by atoms with Crippen molar-refractivity contribution in [3.63, 3.8) is 0 Å². The lowest BCUT2D eigenvalue weighted by Gasteiger charge is -2.15. The van der Waals surface area contributed by atoms with E-state index in [0.717, 1.165) is 22.2 Å². The van der Waals surface area contributed by atoms with E-state index in [9.17, 15) is 0 Å². The molecular weight excluding hydrogens is 346 g/mol. The molecular formula is C22H22ClNO2. The van der Waals surface area contributed by atoms with E-state index in [1.54, 1.807) is 7.11 Å². The summed E-state index contributed by atoms with van der Waals surface area (Å²) in [4.78, 5) is 4.68. The molecule has 134 valence electrons. The summed E-state index contributed by atoms with van der Waals surface area (Å²) in [6.07, 6.45) is 3.96. The van der Waals surface area contributed by atoms with Gasteiger partial charge in [-0.2, -0.15) is 0 Å². The Labute approximate surface area is 159 Å². The lowest BCUT2D eigenvalue weighted by Crippen LogP contribution is -2.07. The second kappa shape index (κ2) is 7.79. The highest BCUT2D eigenvalue weighted by atomic mass is 35.5. The Kier molecular flexibility index (Phi) is 5.48. The van der Waals surface area contributed by atoms with Crippen LogP contribution in [0.15, 0.2) is 42.5 Å². The molecule has 0 bridgehead atoms. The molecule has 3 aromatic rings. The number of ether oxygens (including phenoxy) is 2. The number of rotatable bonds is 5. The van der Waals surface area contributed by atoms with Gasteiger partial charge in [0.05, 0.1) is 29.4 Å². The van der Waals surface area contributed by atoms with Crippen LogP contribution in [0, 0.1) is 6.92 Å². The summed E-state index contributed by atoms with van der Waals surface area (Å²) in [5.74, 6) is 1.19. The minimum absolute atomic E-state index is 0.0215. The summed E-state index contributed by atoms with van der Waals surface area (Å²) >= 11 is 6.38. The number of aromatic nitrogens is 1. The van der Waals surface area contributed by atoms with Crippen molar-refractivity contribution in [3.8, 4) is 11.5 Å². The van der Waals surface area contributed by atoms with Gasteiger partial charge in [0.2, 0.25) is 0 Å². The quantitative estimate of drug-likeness (QED) is 0.541. The van der Waals surface area contributed by atoms with Gasteiger partial charge in [-0.3, -0.25) is 0 Å². The van der Waals surface area contributed by atoms with Crippen LogP contribution < -0.4 is 9.47 Å². The minimum atomic E-state index is 0.0215. The zero-order valence-corrected chi connectivity index (χ0v) is 16.2. The first-order valence-corrected chi connectivity index (χ1v) is 8.94. The van der Waals surface area contributed by atoms with Crippen LogP contribution in [-0.4, -0.2) is 18.2 Å². The first kappa shape index (κ1) is 18.3. The second-order valence-corrected chi connectivity index (χ2v) is 6.87. The number of aryl methyl sites for hydroxylation is 1. The van der Waals surface area contributed by atoms with E-state index in [4.69, 9.17) is 21.1 Å². The SMILES string of the molecule is COc1cc(C=Cc2ccc3cc(C)ccc3n2)cc(Cl)c1OC(C)C. The summed E-state index contributed by atoms with van der Waals surface area (Å²) in [6.45, 7) is 5.99. The molecule has 0 aliphatic rings. The third-order valence-electron chi connectivity index (χ3n) is 3.92. The molecule has 0 amide bonds. The fourth-order valence-corrected chi connectivity index (χ4v) is 2.98. The van der Waals surface area contributed by atoms with Crippen LogP contribution in [0.2, 0.25) is 5.02 Å². The normalized spacial score (nSPS) is 11.5. The van der Waals surface area contributed by atoms with Crippen molar-refractivity contribution < 1.29 is 9.47 Å². The molecule has 4 heteroatoms. The standard InChI is InChI=1S/C22H22ClNO2/c1-14(2)26-22-19(23)12-16(13-21(22)25-4)6-8-18-9-7-17-11-15(3)5-10-20(17)24-18/h5-14H,1-4H3. The summed E-state index contributed by atoms with van der Waals surface area (Å²) in [6, 6.07) is 14.1. The zero-order chi connectivity index (χ0) is 18.7. The number of methoxy groups -OCH3 is 1. The van der Waals surface area contributed by atoms with Crippen molar-refractivity contribution in [2.45, 2.75) is 26.9 Å². The van der Waals surface area contributed by atoms with E-state index in [0.29, 0.717) is 16.5 Å². The molecule has 0 N–H and O–H groups in total. The predicted molar refractivity (Wildman–Crippen MR) is 109 cm³/mol. The van der Waals surface area contributed by atoms with Gasteiger partial charge in [-0.1, -0.05) is 35.4 Å². The average molecular weight is 368 g/mol.